The number of anilines is 1. The van der Waals surface area contributed by atoms with E-state index in [9.17, 15) is 4.79 Å². The highest BCUT2D eigenvalue weighted by Gasteiger charge is 2.23. The van der Waals surface area contributed by atoms with E-state index in [1.54, 1.807) is 24.3 Å². The van der Waals surface area contributed by atoms with Gasteiger partial charge in [-0.05, 0) is 42.7 Å². The van der Waals surface area contributed by atoms with E-state index in [2.05, 4.69) is 38.6 Å². The molecule has 1 aromatic heterocycles. The number of aromatic nitrogens is 2. The molecule has 1 fully saturated rings. The van der Waals surface area contributed by atoms with Crippen molar-refractivity contribution in [3.05, 3.63) is 71.2 Å². The van der Waals surface area contributed by atoms with E-state index in [1.165, 1.54) is 0 Å². The Labute approximate surface area is 163 Å². The van der Waals surface area contributed by atoms with E-state index in [4.69, 9.17) is 11.6 Å². The summed E-state index contributed by atoms with van der Waals surface area (Å²) in [5.41, 5.74) is 2.74. The highest BCUT2D eigenvalue weighted by atomic mass is 35.5. The molecule has 0 saturated carbocycles. The van der Waals surface area contributed by atoms with Gasteiger partial charge in [0, 0.05) is 35.8 Å². The minimum Gasteiger partial charge on any atom is -0.353 e. The number of halogens is 1. The maximum Gasteiger partial charge on any atom is 0.251 e. The van der Waals surface area contributed by atoms with Crippen LogP contribution in [0.4, 0.5) is 5.82 Å². The molecule has 0 spiro atoms. The molecule has 3 aromatic rings. The number of rotatable bonds is 4. The molecule has 0 bridgehead atoms. The predicted molar refractivity (Wildman–Crippen MR) is 108 cm³/mol. The second kappa shape index (κ2) is 7.84. The largest absolute Gasteiger partial charge is 0.353 e. The number of aromatic amines is 1. The summed E-state index contributed by atoms with van der Waals surface area (Å²) in [5, 5.41) is 11.3. The van der Waals surface area contributed by atoms with Crippen LogP contribution < -0.4 is 10.2 Å². The minimum absolute atomic E-state index is 0.0643. The molecule has 6 heteroatoms. The molecule has 27 heavy (non-hydrogen) atoms. The second-order valence-electron chi connectivity index (χ2n) is 6.77. The molecule has 2 heterocycles. The lowest BCUT2D eigenvalue weighted by molar-refractivity contribution is 0.0933. The van der Waals surface area contributed by atoms with Gasteiger partial charge in [-0.15, -0.1) is 0 Å². The zero-order valence-corrected chi connectivity index (χ0v) is 15.6. The molecule has 1 unspecified atom stereocenters. The molecule has 0 aliphatic carbocycles. The summed E-state index contributed by atoms with van der Waals surface area (Å²) in [6, 6.07) is 19.3. The maximum absolute atomic E-state index is 12.5. The smallest absolute Gasteiger partial charge is 0.251 e. The topological polar surface area (TPSA) is 61.0 Å². The molecule has 4 rings (SSSR count). The molecule has 2 aromatic carbocycles. The SMILES string of the molecule is O=C(NC1CCCN(c2cc(-c3ccccc3)[nH]n2)C1)c1ccc(Cl)cc1. The van der Waals surface area contributed by atoms with Crippen molar-refractivity contribution in [1.29, 1.82) is 0 Å². The van der Waals surface area contributed by atoms with Gasteiger partial charge in [0.2, 0.25) is 0 Å². The highest BCUT2D eigenvalue weighted by Crippen LogP contribution is 2.24. The number of H-pyrrole nitrogens is 1. The first-order chi connectivity index (χ1) is 13.2. The van der Waals surface area contributed by atoms with E-state index < -0.39 is 0 Å². The number of hydrogen-bond donors (Lipinski definition) is 2. The van der Waals surface area contributed by atoms with Crippen LogP contribution in [0.5, 0.6) is 0 Å². The van der Waals surface area contributed by atoms with E-state index in [0.717, 1.165) is 43.0 Å². The number of hydrogen-bond acceptors (Lipinski definition) is 3. The van der Waals surface area contributed by atoms with Gasteiger partial charge >= 0.3 is 0 Å². The van der Waals surface area contributed by atoms with Crippen LogP contribution in [0.2, 0.25) is 5.02 Å². The van der Waals surface area contributed by atoms with Crippen LogP contribution in [0, 0.1) is 0 Å². The quantitative estimate of drug-likeness (QED) is 0.715. The third-order valence-electron chi connectivity index (χ3n) is 4.84. The van der Waals surface area contributed by atoms with Gasteiger partial charge in [0.15, 0.2) is 5.82 Å². The van der Waals surface area contributed by atoms with Crippen LogP contribution in [-0.4, -0.2) is 35.2 Å². The third kappa shape index (κ3) is 4.14. The average molecular weight is 381 g/mol. The third-order valence-corrected chi connectivity index (χ3v) is 5.09. The molecule has 1 amide bonds. The molecule has 1 aliphatic heterocycles. The van der Waals surface area contributed by atoms with Crippen molar-refractivity contribution in [3.8, 4) is 11.3 Å². The first-order valence-corrected chi connectivity index (χ1v) is 9.49. The Morgan fingerprint density at radius 2 is 1.93 bits per heavy atom. The summed E-state index contributed by atoms with van der Waals surface area (Å²) in [5.74, 6) is 0.852. The number of nitrogens with one attached hydrogen (secondary N) is 2. The number of amides is 1. The number of piperidine rings is 1. The van der Waals surface area contributed by atoms with Gasteiger partial charge in [-0.3, -0.25) is 9.89 Å². The zero-order chi connectivity index (χ0) is 18.6. The fourth-order valence-corrected chi connectivity index (χ4v) is 3.54. The van der Waals surface area contributed by atoms with Crippen LogP contribution >= 0.6 is 11.6 Å². The van der Waals surface area contributed by atoms with Gasteiger partial charge in [-0.25, -0.2) is 0 Å². The van der Waals surface area contributed by atoms with Crippen LogP contribution in [0.25, 0.3) is 11.3 Å². The fraction of sp³-hybridized carbons (Fsp3) is 0.238. The monoisotopic (exact) mass is 380 g/mol. The van der Waals surface area contributed by atoms with Crippen molar-refractivity contribution in [2.75, 3.05) is 18.0 Å². The van der Waals surface area contributed by atoms with Gasteiger partial charge in [0.1, 0.15) is 0 Å². The second-order valence-corrected chi connectivity index (χ2v) is 7.21. The Hall–Kier alpha value is -2.79. The molecule has 0 radical (unpaired) electrons. The van der Waals surface area contributed by atoms with Crippen LogP contribution in [0.1, 0.15) is 23.2 Å². The molecule has 1 aliphatic rings. The minimum atomic E-state index is -0.0643. The summed E-state index contributed by atoms with van der Waals surface area (Å²) in [6.45, 7) is 1.69. The van der Waals surface area contributed by atoms with Crippen molar-refractivity contribution < 1.29 is 4.79 Å². The molecule has 138 valence electrons. The Kier molecular flexibility index (Phi) is 5.12. The number of benzene rings is 2. The van der Waals surface area contributed by atoms with E-state index in [1.807, 2.05) is 18.2 Å². The van der Waals surface area contributed by atoms with Gasteiger partial charge in [-0.2, -0.15) is 5.10 Å². The Balaban J connectivity index is 1.42. The molecule has 1 saturated heterocycles. The first-order valence-electron chi connectivity index (χ1n) is 9.11. The Morgan fingerprint density at radius 1 is 1.15 bits per heavy atom. The summed E-state index contributed by atoms with van der Waals surface area (Å²) in [6.07, 6.45) is 1.98. The molecule has 2 N–H and O–H groups in total. The first kappa shape index (κ1) is 17.6. The van der Waals surface area contributed by atoms with Crippen molar-refractivity contribution in [2.45, 2.75) is 18.9 Å². The van der Waals surface area contributed by atoms with Crippen LogP contribution in [-0.2, 0) is 0 Å². The standard InChI is InChI=1S/C21H21ClN4O/c22-17-10-8-16(9-11-17)21(27)23-18-7-4-12-26(14-18)20-13-19(24-25-20)15-5-2-1-3-6-15/h1-3,5-6,8-11,13,18H,4,7,12,14H2,(H,23,27)(H,24,25). The van der Waals surface area contributed by atoms with Gasteiger partial charge in [-0.1, -0.05) is 41.9 Å². The summed E-state index contributed by atoms with van der Waals surface area (Å²) >= 11 is 5.89. The van der Waals surface area contributed by atoms with E-state index in [0.29, 0.717) is 10.6 Å². The van der Waals surface area contributed by atoms with Gasteiger partial charge in [0.05, 0.1) is 5.69 Å². The van der Waals surface area contributed by atoms with Crippen LogP contribution in [0.15, 0.2) is 60.7 Å². The number of carbonyl (C=O) groups excluding carboxylic acids is 1. The zero-order valence-electron chi connectivity index (χ0n) is 14.9. The molecular weight excluding hydrogens is 360 g/mol. The average Bonchev–Trinajstić information content (AvgIpc) is 3.20. The van der Waals surface area contributed by atoms with Gasteiger partial charge < -0.3 is 10.2 Å². The number of nitrogens with zero attached hydrogens (tertiary/aromatic N) is 2. The predicted octanol–water partition coefficient (Wildman–Crippen LogP) is 4.13. The summed E-state index contributed by atoms with van der Waals surface area (Å²) < 4.78 is 0. The van der Waals surface area contributed by atoms with Crippen molar-refractivity contribution in [1.82, 2.24) is 15.5 Å². The van der Waals surface area contributed by atoms with Crippen molar-refractivity contribution >= 4 is 23.3 Å². The van der Waals surface area contributed by atoms with Crippen molar-refractivity contribution in [3.63, 3.8) is 0 Å². The fourth-order valence-electron chi connectivity index (χ4n) is 3.41. The lowest BCUT2D eigenvalue weighted by Gasteiger charge is -2.33. The number of carbonyl (C=O) groups is 1. The maximum atomic E-state index is 12.5. The highest BCUT2D eigenvalue weighted by molar-refractivity contribution is 6.30. The molecule has 1 atom stereocenters. The summed E-state index contributed by atoms with van der Waals surface area (Å²) in [4.78, 5) is 14.7. The van der Waals surface area contributed by atoms with E-state index >= 15 is 0 Å². The van der Waals surface area contributed by atoms with Crippen LogP contribution in [0.3, 0.4) is 0 Å². The summed E-state index contributed by atoms with van der Waals surface area (Å²) in [7, 11) is 0. The Morgan fingerprint density at radius 3 is 2.70 bits per heavy atom. The van der Waals surface area contributed by atoms with Gasteiger partial charge in [0.25, 0.3) is 5.91 Å². The lowest BCUT2D eigenvalue weighted by Crippen LogP contribution is -2.48. The lowest BCUT2D eigenvalue weighted by atomic mass is 10.0. The molecule has 5 nitrogen and oxygen atoms in total. The van der Waals surface area contributed by atoms with Crippen molar-refractivity contribution in [2.24, 2.45) is 0 Å². The van der Waals surface area contributed by atoms with E-state index in [-0.39, 0.29) is 11.9 Å². The normalized spacial score (nSPS) is 16.9. The molecular formula is C21H21ClN4O. The Bertz CT molecular complexity index is 907.